The second-order valence-corrected chi connectivity index (χ2v) is 6.26. The number of ether oxygens (including phenoxy) is 1. The third kappa shape index (κ3) is 3.70. The van der Waals surface area contributed by atoms with Crippen LogP contribution in [0.25, 0.3) is 16.9 Å². The van der Waals surface area contributed by atoms with Gasteiger partial charge < -0.3 is 10.1 Å². The van der Waals surface area contributed by atoms with Crippen LogP contribution in [0.3, 0.4) is 0 Å². The van der Waals surface area contributed by atoms with E-state index in [4.69, 9.17) is 4.74 Å². The van der Waals surface area contributed by atoms with Crippen molar-refractivity contribution in [2.45, 2.75) is 18.9 Å². The van der Waals surface area contributed by atoms with Crippen molar-refractivity contribution in [1.29, 1.82) is 0 Å². The number of carbonyl (C=O) groups excluding carboxylic acids is 1. The average molecular weight is 367 g/mol. The van der Waals surface area contributed by atoms with Gasteiger partial charge in [-0.25, -0.2) is 9.07 Å². The van der Waals surface area contributed by atoms with Gasteiger partial charge in [0, 0.05) is 31.1 Å². The van der Waals surface area contributed by atoms with Crippen LogP contribution in [0.5, 0.6) is 0 Å². The minimum absolute atomic E-state index is 0.0328. The Morgan fingerprint density at radius 3 is 2.70 bits per heavy atom. The summed E-state index contributed by atoms with van der Waals surface area (Å²) in [5.41, 5.74) is 2.06. The van der Waals surface area contributed by atoms with Gasteiger partial charge in [-0.3, -0.25) is 9.78 Å². The Hall–Kier alpha value is -3.13. The normalized spacial score (nSPS) is 16.4. The van der Waals surface area contributed by atoms with Gasteiger partial charge in [0.1, 0.15) is 11.5 Å². The van der Waals surface area contributed by atoms with Gasteiger partial charge in [0.25, 0.3) is 5.91 Å². The van der Waals surface area contributed by atoms with Gasteiger partial charge in [-0.1, -0.05) is 5.21 Å². The molecule has 27 heavy (non-hydrogen) atoms. The summed E-state index contributed by atoms with van der Waals surface area (Å²) in [6, 6.07) is 9.39. The summed E-state index contributed by atoms with van der Waals surface area (Å²) in [4.78, 5) is 16.8. The van der Waals surface area contributed by atoms with Crippen molar-refractivity contribution in [2.75, 3.05) is 13.2 Å². The molecule has 0 saturated carbocycles. The fourth-order valence-corrected chi connectivity index (χ4v) is 3.06. The Morgan fingerprint density at radius 1 is 1.22 bits per heavy atom. The van der Waals surface area contributed by atoms with E-state index >= 15 is 0 Å². The second kappa shape index (κ2) is 7.63. The van der Waals surface area contributed by atoms with Gasteiger partial charge in [-0.05, 0) is 49.2 Å². The molecule has 1 amide bonds. The fraction of sp³-hybridized carbons (Fsp3) is 0.263. The van der Waals surface area contributed by atoms with Gasteiger partial charge in [0.15, 0.2) is 5.69 Å². The number of nitrogens with zero attached hydrogens (tertiary/aromatic N) is 4. The predicted octanol–water partition coefficient (Wildman–Crippen LogP) is 2.38. The number of benzene rings is 1. The first kappa shape index (κ1) is 17.3. The van der Waals surface area contributed by atoms with E-state index in [0.717, 1.165) is 25.0 Å². The van der Waals surface area contributed by atoms with Crippen LogP contribution in [0.15, 0.2) is 48.8 Å². The zero-order valence-corrected chi connectivity index (χ0v) is 14.5. The van der Waals surface area contributed by atoms with Crippen molar-refractivity contribution in [2.24, 2.45) is 0 Å². The molecule has 1 aliphatic heterocycles. The molecular formula is C19H18FN5O2. The first-order chi connectivity index (χ1) is 13.2. The van der Waals surface area contributed by atoms with E-state index in [9.17, 15) is 9.18 Å². The van der Waals surface area contributed by atoms with Crippen molar-refractivity contribution >= 4 is 5.91 Å². The molecule has 4 rings (SSSR count). The number of rotatable bonds is 5. The maximum Gasteiger partial charge on any atom is 0.274 e. The number of nitrogens with one attached hydrogen (secondary N) is 1. The topological polar surface area (TPSA) is 81.9 Å². The summed E-state index contributed by atoms with van der Waals surface area (Å²) in [5, 5.41) is 11.1. The van der Waals surface area contributed by atoms with Gasteiger partial charge >= 0.3 is 0 Å². The van der Waals surface area contributed by atoms with Crippen LogP contribution in [-0.4, -0.2) is 45.1 Å². The SMILES string of the molecule is O=C(NCC1CCCO1)c1nnn(-c2ccc(F)cc2)c1-c1ccncc1. The molecule has 1 N–H and O–H groups in total. The Bertz CT molecular complexity index is 921. The van der Waals surface area contributed by atoms with E-state index in [2.05, 4.69) is 20.6 Å². The van der Waals surface area contributed by atoms with Crippen molar-refractivity contribution in [3.8, 4) is 16.9 Å². The lowest BCUT2D eigenvalue weighted by atomic mass is 10.1. The maximum absolute atomic E-state index is 13.3. The molecule has 0 radical (unpaired) electrons. The molecule has 1 saturated heterocycles. The quantitative estimate of drug-likeness (QED) is 0.749. The molecule has 8 heteroatoms. The zero-order chi connectivity index (χ0) is 18.6. The number of amides is 1. The lowest BCUT2D eigenvalue weighted by molar-refractivity contribution is 0.0854. The van der Waals surface area contributed by atoms with Crippen LogP contribution in [0.4, 0.5) is 4.39 Å². The number of carbonyl (C=O) groups is 1. The molecule has 3 aromatic rings. The Kier molecular flexibility index (Phi) is 4.88. The van der Waals surface area contributed by atoms with E-state index in [1.165, 1.54) is 16.8 Å². The monoisotopic (exact) mass is 367 g/mol. The van der Waals surface area contributed by atoms with Crippen molar-refractivity contribution in [3.05, 3.63) is 60.3 Å². The molecule has 1 aliphatic rings. The van der Waals surface area contributed by atoms with E-state index in [-0.39, 0.29) is 23.5 Å². The first-order valence-electron chi connectivity index (χ1n) is 8.74. The molecule has 1 unspecified atom stereocenters. The summed E-state index contributed by atoms with van der Waals surface area (Å²) < 4.78 is 20.3. The highest BCUT2D eigenvalue weighted by Crippen LogP contribution is 2.25. The van der Waals surface area contributed by atoms with Crippen LogP contribution in [0.1, 0.15) is 23.3 Å². The van der Waals surface area contributed by atoms with E-state index < -0.39 is 0 Å². The molecule has 0 spiro atoms. The summed E-state index contributed by atoms with van der Waals surface area (Å²) in [5.74, 6) is -0.676. The van der Waals surface area contributed by atoms with E-state index in [0.29, 0.717) is 17.9 Å². The number of aromatic nitrogens is 4. The predicted molar refractivity (Wildman–Crippen MR) is 95.9 cm³/mol. The Labute approximate surface area is 155 Å². The summed E-state index contributed by atoms with van der Waals surface area (Å²) in [6.07, 6.45) is 5.23. The zero-order valence-electron chi connectivity index (χ0n) is 14.5. The summed E-state index contributed by atoms with van der Waals surface area (Å²) in [6.45, 7) is 1.15. The highest BCUT2D eigenvalue weighted by atomic mass is 19.1. The van der Waals surface area contributed by atoms with E-state index in [1.54, 1.807) is 36.7 Å². The molecule has 0 aliphatic carbocycles. The van der Waals surface area contributed by atoms with Crippen molar-refractivity contribution in [3.63, 3.8) is 0 Å². The Morgan fingerprint density at radius 2 is 2.00 bits per heavy atom. The van der Waals surface area contributed by atoms with Crippen LogP contribution in [0, 0.1) is 5.82 Å². The van der Waals surface area contributed by atoms with Crippen molar-refractivity contribution < 1.29 is 13.9 Å². The van der Waals surface area contributed by atoms with Crippen LogP contribution in [0.2, 0.25) is 0 Å². The number of pyridine rings is 1. The van der Waals surface area contributed by atoms with Gasteiger partial charge in [0.05, 0.1) is 11.8 Å². The molecule has 0 bridgehead atoms. The summed E-state index contributed by atoms with van der Waals surface area (Å²) in [7, 11) is 0. The van der Waals surface area contributed by atoms with Crippen LogP contribution >= 0.6 is 0 Å². The molecule has 1 aromatic carbocycles. The standard InChI is InChI=1S/C19H18FN5O2/c20-14-3-5-15(6-4-14)25-18(13-7-9-21-10-8-13)17(23-24-25)19(26)22-12-16-2-1-11-27-16/h3-10,16H,1-2,11-12H2,(H,22,26). The maximum atomic E-state index is 13.3. The summed E-state index contributed by atoms with van der Waals surface area (Å²) >= 11 is 0. The van der Waals surface area contributed by atoms with Crippen molar-refractivity contribution in [1.82, 2.24) is 25.3 Å². The largest absolute Gasteiger partial charge is 0.376 e. The lowest BCUT2D eigenvalue weighted by Gasteiger charge is -2.11. The molecular weight excluding hydrogens is 349 g/mol. The molecule has 2 aromatic heterocycles. The molecule has 3 heterocycles. The first-order valence-corrected chi connectivity index (χ1v) is 8.74. The Balaban J connectivity index is 1.68. The minimum Gasteiger partial charge on any atom is -0.376 e. The lowest BCUT2D eigenvalue weighted by Crippen LogP contribution is -2.32. The van der Waals surface area contributed by atoms with Crippen LogP contribution < -0.4 is 5.32 Å². The highest BCUT2D eigenvalue weighted by molar-refractivity contribution is 5.98. The molecule has 1 atom stereocenters. The second-order valence-electron chi connectivity index (χ2n) is 6.26. The number of hydrogen-bond donors (Lipinski definition) is 1. The minimum atomic E-state index is -0.348. The smallest absolute Gasteiger partial charge is 0.274 e. The fourth-order valence-electron chi connectivity index (χ4n) is 3.06. The molecule has 1 fully saturated rings. The van der Waals surface area contributed by atoms with Gasteiger partial charge in [0.2, 0.25) is 0 Å². The third-order valence-electron chi connectivity index (χ3n) is 4.42. The third-order valence-corrected chi connectivity index (χ3v) is 4.42. The van der Waals surface area contributed by atoms with Crippen LogP contribution in [-0.2, 0) is 4.74 Å². The van der Waals surface area contributed by atoms with E-state index in [1.807, 2.05) is 0 Å². The number of halogens is 1. The average Bonchev–Trinajstić information content (AvgIpc) is 3.37. The molecule has 138 valence electrons. The highest BCUT2D eigenvalue weighted by Gasteiger charge is 2.24. The molecule has 7 nitrogen and oxygen atoms in total. The van der Waals surface area contributed by atoms with Gasteiger partial charge in [-0.2, -0.15) is 0 Å². The van der Waals surface area contributed by atoms with Gasteiger partial charge in [-0.15, -0.1) is 5.10 Å². The number of hydrogen-bond acceptors (Lipinski definition) is 5.